The van der Waals surface area contributed by atoms with E-state index in [1.165, 1.54) is 17.0 Å². The first-order valence-corrected chi connectivity index (χ1v) is 8.28. The van der Waals surface area contributed by atoms with Crippen molar-refractivity contribution in [3.8, 4) is 22.8 Å². The first kappa shape index (κ1) is 17.1. The van der Waals surface area contributed by atoms with E-state index in [1.54, 1.807) is 30.7 Å². The number of aromatic nitrogens is 4. The number of pyridine rings is 2. The van der Waals surface area contributed by atoms with Crippen molar-refractivity contribution < 1.29 is 8.37 Å². The van der Waals surface area contributed by atoms with Crippen LogP contribution in [-0.4, -0.2) is 26.1 Å². The van der Waals surface area contributed by atoms with Gasteiger partial charge in [0.25, 0.3) is 5.56 Å². The maximum absolute atomic E-state index is 12.5. The zero-order valence-corrected chi connectivity index (χ0v) is 14.6. The van der Waals surface area contributed by atoms with Gasteiger partial charge in [-0.05, 0) is 37.6 Å². The Bertz CT molecular complexity index is 930. The Morgan fingerprint density at radius 3 is 2.88 bits per heavy atom. The minimum atomic E-state index is -0.267. The number of nitrogens with zero attached hydrogens (tertiary/aromatic N) is 4. The fourth-order valence-corrected chi connectivity index (χ4v) is 2.50. The largest absolute Gasteiger partial charge is 0.396 e. The van der Waals surface area contributed by atoms with Crippen LogP contribution < -0.4 is 9.74 Å². The number of hydrogen-bond donors (Lipinski definition) is 0. The molecule has 3 aromatic heterocycles. The van der Waals surface area contributed by atoms with Crippen molar-refractivity contribution in [1.29, 1.82) is 0 Å². The predicted octanol–water partition coefficient (Wildman–Crippen LogP) is 2.98. The van der Waals surface area contributed by atoms with Crippen LogP contribution >= 0.6 is 12.3 Å². The maximum atomic E-state index is 12.5. The van der Waals surface area contributed by atoms with Crippen LogP contribution in [0.4, 0.5) is 0 Å². The number of aryl methyl sites for hydroxylation is 1. The average Bonchev–Trinajstić information content (AvgIpc) is 2.62. The van der Waals surface area contributed by atoms with E-state index in [2.05, 4.69) is 15.0 Å². The van der Waals surface area contributed by atoms with Crippen LogP contribution in [0.2, 0.25) is 0 Å². The summed E-state index contributed by atoms with van der Waals surface area (Å²) in [6, 6.07) is 6.80. The summed E-state index contributed by atoms with van der Waals surface area (Å²) in [5.74, 6) is 0.760. The van der Waals surface area contributed by atoms with Crippen molar-refractivity contribution in [3.63, 3.8) is 0 Å². The zero-order valence-electron chi connectivity index (χ0n) is 13.7. The third-order valence-electron chi connectivity index (χ3n) is 3.25. The second-order valence-corrected chi connectivity index (χ2v) is 5.65. The third-order valence-corrected chi connectivity index (χ3v) is 3.83. The van der Waals surface area contributed by atoms with Crippen molar-refractivity contribution in [1.82, 2.24) is 19.5 Å². The lowest BCUT2D eigenvalue weighted by Crippen LogP contribution is -2.19. The summed E-state index contributed by atoms with van der Waals surface area (Å²) >= 11 is 0.839. The molecule has 0 spiro atoms. The van der Waals surface area contributed by atoms with E-state index in [0.717, 1.165) is 23.5 Å². The molecule has 128 valence electrons. The molecule has 0 N–H and O–H groups in total. The molecule has 0 aromatic carbocycles. The normalized spacial score (nSPS) is 10.6. The van der Waals surface area contributed by atoms with Gasteiger partial charge in [-0.15, -0.1) is 0 Å². The Morgan fingerprint density at radius 2 is 2.12 bits per heavy atom. The standard InChI is InChI=1S/C17H16N4O3S/c1-3-23-25-24-15-5-4-6-19-17(15)21-11-20-14(8-16(21)22)13-7-12(2)9-18-10-13/h4-11H,3H2,1-2H3. The molecular weight excluding hydrogens is 340 g/mol. The van der Waals surface area contributed by atoms with Crippen LogP contribution in [0.15, 0.2) is 54.0 Å². The molecule has 0 atom stereocenters. The van der Waals surface area contributed by atoms with E-state index in [1.807, 2.05) is 19.9 Å². The SMILES string of the molecule is CCOSOc1cccnc1-n1cnc(-c2cncc(C)c2)cc1=O. The highest BCUT2D eigenvalue weighted by molar-refractivity contribution is 7.90. The van der Waals surface area contributed by atoms with E-state index in [-0.39, 0.29) is 5.56 Å². The summed E-state index contributed by atoms with van der Waals surface area (Å²) in [5.41, 5.74) is 2.07. The number of hydrogen-bond acceptors (Lipinski definition) is 7. The Labute approximate surface area is 149 Å². The van der Waals surface area contributed by atoms with Gasteiger partial charge in [0.15, 0.2) is 11.6 Å². The van der Waals surface area contributed by atoms with Gasteiger partial charge in [-0.2, -0.15) is 0 Å². The van der Waals surface area contributed by atoms with Gasteiger partial charge >= 0.3 is 0 Å². The van der Waals surface area contributed by atoms with Gasteiger partial charge in [0.05, 0.1) is 12.3 Å². The summed E-state index contributed by atoms with van der Waals surface area (Å²) in [5, 5.41) is 0. The van der Waals surface area contributed by atoms with Gasteiger partial charge in [-0.25, -0.2) is 14.5 Å². The van der Waals surface area contributed by atoms with Gasteiger partial charge < -0.3 is 4.18 Å². The van der Waals surface area contributed by atoms with Crippen LogP contribution in [0.5, 0.6) is 5.75 Å². The third kappa shape index (κ3) is 4.04. The van der Waals surface area contributed by atoms with Crippen molar-refractivity contribution >= 4 is 12.3 Å². The quantitative estimate of drug-likeness (QED) is 0.496. The van der Waals surface area contributed by atoms with Crippen LogP contribution in [0, 0.1) is 6.92 Å². The minimum Gasteiger partial charge on any atom is -0.396 e. The predicted molar refractivity (Wildman–Crippen MR) is 95.4 cm³/mol. The fourth-order valence-electron chi connectivity index (χ4n) is 2.15. The second-order valence-electron chi connectivity index (χ2n) is 5.12. The topological polar surface area (TPSA) is 79.1 Å². The van der Waals surface area contributed by atoms with Crippen LogP contribution in [0.25, 0.3) is 17.1 Å². The van der Waals surface area contributed by atoms with Crippen LogP contribution in [-0.2, 0) is 4.18 Å². The zero-order chi connectivity index (χ0) is 17.6. The molecular formula is C17H16N4O3S. The molecule has 0 aliphatic rings. The summed E-state index contributed by atoms with van der Waals surface area (Å²) in [6.07, 6.45) is 6.43. The Hall–Kier alpha value is -2.71. The smallest absolute Gasteiger partial charge is 0.259 e. The molecule has 7 nitrogen and oxygen atoms in total. The average molecular weight is 356 g/mol. The summed E-state index contributed by atoms with van der Waals surface area (Å²) in [7, 11) is 0. The van der Waals surface area contributed by atoms with Crippen molar-refractivity contribution in [2.45, 2.75) is 13.8 Å². The summed E-state index contributed by atoms with van der Waals surface area (Å²) in [4.78, 5) is 25.3. The highest BCUT2D eigenvalue weighted by Crippen LogP contribution is 2.23. The molecule has 0 saturated carbocycles. The number of rotatable bonds is 6. The lowest BCUT2D eigenvalue weighted by atomic mass is 10.1. The second kappa shape index (κ2) is 7.91. The minimum absolute atomic E-state index is 0.267. The molecule has 25 heavy (non-hydrogen) atoms. The van der Waals surface area contributed by atoms with E-state index in [0.29, 0.717) is 23.9 Å². The molecule has 8 heteroatoms. The highest BCUT2D eigenvalue weighted by Gasteiger charge is 2.11. The van der Waals surface area contributed by atoms with Gasteiger partial charge in [0, 0.05) is 30.2 Å². The first-order valence-electron chi connectivity index (χ1n) is 7.61. The molecule has 0 unspecified atom stereocenters. The van der Waals surface area contributed by atoms with E-state index in [9.17, 15) is 4.79 Å². The Morgan fingerprint density at radius 1 is 1.24 bits per heavy atom. The van der Waals surface area contributed by atoms with Crippen LogP contribution in [0.1, 0.15) is 12.5 Å². The summed E-state index contributed by atoms with van der Waals surface area (Å²) in [6.45, 7) is 4.29. The van der Waals surface area contributed by atoms with E-state index < -0.39 is 0 Å². The van der Waals surface area contributed by atoms with Gasteiger partial charge in [0.2, 0.25) is 12.3 Å². The molecule has 0 aliphatic carbocycles. The van der Waals surface area contributed by atoms with Crippen molar-refractivity contribution in [3.05, 3.63) is 65.1 Å². The van der Waals surface area contributed by atoms with E-state index >= 15 is 0 Å². The molecule has 3 aromatic rings. The summed E-state index contributed by atoms with van der Waals surface area (Å²) < 4.78 is 11.9. The lowest BCUT2D eigenvalue weighted by Gasteiger charge is -2.10. The first-order chi connectivity index (χ1) is 12.2. The Kier molecular flexibility index (Phi) is 5.42. The molecule has 3 heterocycles. The monoisotopic (exact) mass is 356 g/mol. The molecule has 3 rings (SSSR count). The molecule has 0 radical (unpaired) electrons. The van der Waals surface area contributed by atoms with Gasteiger partial charge in [0.1, 0.15) is 6.33 Å². The fraction of sp³-hybridized carbons (Fsp3) is 0.176. The lowest BCUT2D eigenvalue weighted by molar-refractivity contribution is 0.369. The maximum Gasteiger partial charge on any atom is 0.259 e. The van der Waals surface area contributed by atoms with Gasteiger partial charge in [-0.1, -0.05) is 0 Å². The van der Waals surface area contributed by atoms with E-state index in [4.69, 9.17) is 8.37 Å². The molecule has 0 fully saturated rings. The molecule has 0 amide bonds. The molecule has 0 aliphatic heterocycles. The van der Waals surface area contributed by atoms with Crippen LogP contribution in [0.3, 0.4) is 0 Å². The van der Waals surface area contributed by atoms with Crippen molar-refractivity contribution in [2.75, 3.05) is 6.61 Å². The Balaban J connectivity index is 1.96. The highest BCUT2D eigenvalue weighted by atomic mass is 32.2. The molecule has 0 bridgehead atoms. The van der Waals surface area contributed by atoms with Gasteiger partial charge in [-0.3, -0.25) is 14.0 Å². The van der Waals surface area contributed by atoms with Crippen molar-refractivity contribution in [2.24, 2.45) is 0 Å². The molecule has 0 saturated heterocycles.